The number of rotatable bonds is 3. The molecule has 3 N–H and O–H groups in total. The first-order valence-electron chi connectivity index (χ1n) is 10.0. The summed E-state index contributed by atoms with van der Waals surface area (Å²) in [4.78, 5) is 25.4. The van der Waals surface area contributed by atoms with E-state index in [1.165, 1.54) is 30.3 Å². The van der Waals surface area contributed by atoms with Crippen LogP contribution in [0.3, 0.4) is 0 Å². The SMILES string of the molecule is Cc1c(O)cc(C2(c3cc(O)c(C)c(C)c3Br)OC(=O)c3cccc(C(=O)O)c32)c(Br)c1C. The highest BCUT2D eigenvalue weighted by Gasteiger charge is 2.53. The van der Waals surface area contributed by atoms with Crippen molar-refractivity contribution in [2.24, 2.45) is 0 Å². The average molecular weight is 576 g/mol. The van der Waals surface area contributed by atoms with E-state index in [1.807, 2.05) is 0 Å². The Morgan fingerprint density at radius 2 is 1.36 bits per heavy atom. The van der Waals surface area contributed by atoms with Crippen molar-refractivity contribution >= 4 is 43.8 Å². The van der Waals surface area contributed by atoms with Crippen LogP contribution in [0.5, 0.6) is 11.5 Å². The maximum Gasteiger partial charge on any atom is 0.340 e. The summed E-state index contributed by atoms with van der Waals surface area (Å²) < 4.78 is 7.15. The smallest absolute Gasteiger partial charge is 0.340 e. The van der Waals surface area contributed by atoms with Gasteiger partial charge in [0.05, 0.1) is 11.1 Å². The number of aromatic hydroxyl groups is 2. The number of hydrogen-bond donors (Lipinski definition) is 3. The van der Waals surface area contributed by atoms with E-state index >= 15 is 0 Å². The Labute approximate surface area is 207 Å². The van der Waals surface area contributed by atoms with Crippen molar-refractivity contribution in [1.29, 1.82) is 0 Å². The molecule has 0 bridgehead atoms. The topological polar surface area (TPSA) is 104 Å². The van der Waals surface area contributed by atoms with E-state index in [0.717, 1.165) is 0 Å². The van der Waals surface area contributed by atoms with Crippen LogP contribution in [0.15, 0.2) is 39.3 Å². The zero-order valence-electron chi connectivity index (χ0n) is 18.2. The van der Waals surface area contributed by atoms with Gasteiger partial charge < -0.3 is 20.1 Å². The van der Waals surface area contributed by atoms with Gasteiger partial charge in [0.15, 0.2) is 5.60 Å². The van der Waals surface area contributed by atoms with E-state index in [9.17, 15) is 24.9 Å². The number of ether oxygens (including phenoxy) is 1. The highest BCUT2D eigenvalue weighted by atomic mass is 79.9. The first-order valence-corrected chi connectivity index (χ1v) is 11.6. The molecule has 1 aliphatic heterocycles. The predicted octanol–water partition coefficient (Wildman–Crippen LogP) is 6.02. The second-order valence-electron chi connectivity index (χ2n) is 8.12. The van der Waals surface area contributed by atoms with Gasteiger partial charge >= 0.3 is 11.9 Å². The van der Waals surface area contributed by atoms with Crippen molar-refractivity contribution in [1.82, 2.24) is 0 Å². The minimum absolute atomic E-state index is 0.0356. The third-order valence-electron chi connectivity index (χ3n) is 6.46. The summed E-state index contributed by atoms with van der Waals surface area (Å²) in [7, 11) is 0. The van der Waals surface area contributed by atoms with Crippen molar-refractivity contribution in [3.8, 4) is 11.5 Å². The van der Waals surface area contributed by atoms with Crippen LogP contribution in [0.1, 0.15) is 59.7 Å². The van der Waals surface area contributed by atoms with Crippen LogP contribution >= 0.6 is 31.9 Å². The van der Waals surface area contributed by atoms with Crippen LogP contribution in [-0.2, 0) is 10.3 Å². The number of phenolic OH excluding ortho intramolecular Hbond substituents is 2. The van der Waals surface area contributed by atoms with E-state index in [0.29, 0.717) is 42.3 Å². The van der Waals surface area contributed by atoms with Gasteiger partial charge in [0.1, 0.15) is 11.5 Å². The highest BCUT2D eigenvalue weighted by molar-refractivity contribution is 9.11. The molecule has 3 aromatic rings. The first-order chi connectivity index (χ1) is 15.4. The third kappa shape index (κ3) is 3.19. The fourth-order valence-corrected chi connectivity index (χ4v) is 5.68. The van der Waals surface area contributed by atoms with E-state index in [2.05, 4.69) is 31.9 Å². The number of esters is 1. The predicted molar refractivity (Wildman–Crippen MR) is 129 cm³/mol. The van der Waals surface area contributed by atoms with Crippen LogP contribution in [-0.4, -0.2) is 27.3 Å². The summed E-state index contributed by atoms with van der Waals surface area (Å²) >= 11 is 7.18. The van der Waals surface area contributed by atoms with Gasteiger partial charge in [0.2, 0.25) is 0 Å². The number of carboxylic acids is 1. The van der Waals surface area contributed by atoms with Crippen molar-refractivity contribution in [2.75, 3.05) is 0 Å². The van der Waals surface area contributed by atoms with Gasteiger partial charge in [-0.2, -0.15) is 0 Å². The Balaban J connectivity index is 2.29. The van der Waals surface area contributed by atoms with Crippen molar-refractivity contribution in [3.63, 3.8) is 0 Å². The molecular weight excluding hydrogens is 556 g/mol. The number of carbonyl (C=O) groups excluding carboxylic acids is 1. The lowest BCUT2D eigenvalue weighted by molar-refractivity contribution is 0.0240. The molecule has 0 fully saturated rings. The second-order valence-corrected chi connectivity index (χ2v) is 9.70. The number of carbonyl (C=O) groups is 2. The zero-order chi connectivity index (χ0) is 24.4. The lowest BCUT2D eigenvalue weighted by atomic mass is 9.76. The third-order valence-corrected chi connectivity index (χ3v) is 8.50. The lowest BCUT2D eigenvalue weighted by Crippen LogP contribution is -2.33. The molecule has 0 aromatic heterocycles. The molecule has 0 radical (unpaired) electrons. The fourth-order valence-electron chi connectivity index (χ4n) is 4.30. The minimum atomic E-state index is -1.76. The molecule has 0 saturated heterocycles. The van der Waals surface area contributed by atoms with Crippen LogP contribution < -0.4 is 0 Å². The maximum absolute atomic E-state index is 13.1. The molecule has 0 spiro atoms. The zero-order valence-corrected chi connectivity index (χ0v) is 21.4. The summed E-state index contributed by atoms with van der Waals surface area (Å²) in [5.41, 5.74) is 1.69. The summed E-state index contributed by atoms with van der Waals surface area (Å²) in [6.45, 7) is 7.09. The maximum atomic E-state index is 13.1. The number of cyclic esters (lactones) is 1. The van der Waals surface area contributed by atoms with Crippen LogP contribution in [0.25, 0.3) is 0 Å². The number of halogens is 2. The van der Waals surface area contributed by atoms with Crippen molar-refractivity contribution in [3.05, 3.63) is 89.3 Å². The fraction of sp³-hybridized carbons (Fsp3) is 0.200. The molecular formula is C25H20Br2O6. The second kappa shape index (κ2) is 7.88. The quantitative estimate of drug-likeness (QED) is 0.330. The van der Waals surface area contributed by atoms with Crippen molar-refractivity contribution in [2.45, 2.75) is 33.3 Å². The van der Waals surface area contributed by atoms with Crippen LogP contribution in [0.2, 0.25) is 0 Å². The number of aromatic carboxylic acids is 1. The summed E-state index contributed by atoms with van der Waals surface area (Å²) in [6, 6.07) is 7.33. The molecule has 170 valence electrons. The van der Waals surface area contributed by atoms with E-state index in [1.54, 1.807) is 27.7 Å². The molecule has 4 rings (SSSR count). The monoisotopic (exact) mass is 574 g/mol. The van der Waals surface area contributed by atoms with E-state index < -0.39 is 17.5 Å². The summed E-state index contributed by atoms with van der Waals surface area (Å²) in [6.07, 6.45) is 0. The molecule has 0 atom stereocenters. The Morgan fingerprint density at radius 1 is 0.879 bits per heavy atom. The minimum Gasteiger partial charge on any atom is -0.508 e. The van der Waals surface area contributed by atoms with Gasteiger partial charge in [-0.05, 0) is 74.2 Å². The lowest BCUT2D eigenvalue weighted by Gasteiger charge is -2.34. The Hall–Kier alpha value is -2.84. The van der Waals surface area contributed by atoms with Crippen LogP contribution in [0.4, 0.5) is 0 Å². The van der Waals surface area contributed by atoms with Crippen molar-refractivity contribution < 1.29 is 29.6 Å². The number of carboxylic acid groups (broad SMARTS) is 1. The first kappa shape index (κ1) is 23.3. The van der Waals surface area contributed by atoms with Gasteiger partial charge in [-0.1, -0.05) is 37.9 Å². The normalized spacial score (nSPS) is 14.2. The van der Waals surface area contributed by atoms with Gasteiger partial charge in [-0.3, -0.25) is 0 Å². The van der Waals surface area contributed by atoms with Gasteiger partial charge in [0.25, 0.3) is 0 Å². The summed E-state index contributed by atoms with van der Waals surface area (Å²) in [5.74, 6) is -2.01. The molecule has 1 heterocycles. The van der Waals surface area contributed by atoms with E-state index in [-0.39, 0.29) is 28.2 Å². The molecule has 0 unspecified atom stereocenters. The Kier molecular flexibility index (Phi) is 5.57. The number of benzene rings is 3. The van der Waals surface area contributed by atoms with Gasteiger partial charge in [0, 0.05) is 25.6 Å². The molecule has 0 saturated carbocycles. The Morgan fingerprint density at radius 3 is 1.82 bits per heavy atom. The molecule has 0 aliphatic carbocycles. The van der Waals surface area contributed by atoms with Crippen LogP contribution in [0, 0.1) is 27.7 Å². The molecule has 3 aromatic carbocycles. The number of phenols is 2. The molecule has 8 heteroatoms. The largest absolute Gasteiger partial charge is 0.508 e. The Bertz CT molecular complexity index is 1310. The van der Waals surface area contributed by atoms with Gasteiger partial charge in [-0.15, -0.1) is 0 Å². The molecule has 33 heavy (non-hydrogen) atoms. The average Bonchev–Trinajstić information content (AvgIpc) is 3.08. The number of hydrogen-bond acceptors (Lipinski definition) is 5. The standard InChI is InChI=1S/C25H20Br2O6/c1-10-12(3)21(26)16(8-18(10)28)25(17-9-19(29)11(2)13(4)22(17)27)20-14(23(30)31)6-5-7-15(20)24(32)33-25/h5-9,28-29H,1-4H3,(H,30,31). The molecule has 1 aliphatic rings. The highest BCUT2D eigenvalue weighted by Crippen LogP contribution is 2.55. The molecule has 0 amide bonds. The summed E-state index contributed by atoms with van der Waals surface area (Å²) in [5, 5.41) is 31.4. The van der Waals surface area contributed by atoms with Gasteiger partial charge in [-0.25, -0.2) is 9.59 Å². The molecule has 6 nitrogen and oxygen atoms in total. The van der Waals surface area contributed by atoms with E-state index in [4.69, 9.17) is 4.74 Å². The number of fused-ring (bicyclic) bond motifs is 1.